The lowest BCUT2D eigenvalue weighted by Crippen LogP contribution is -2.39. The average Bonchev–Trinajstić information content (AvgIpc) is 3.47. The van der Waals surface area contributed by atoms with Crippen LogP contribution in [0.3, 0.4) is 0 Å². The van der Waals surface area contributed by atoms with Gasteiger partial charge in [0.05, 0.1) is 36.2 Å². The number of nitrogens with zero attached hydrogens (tertiary/aromatic N) is 3. The maximum atomic E-state index is 12.5. The van der Waals surface area contributed by atoms with Gasteiger partial charge in [0.25, 0.3) is 5.89 Å². The molecule has 1 aliphatic heterocycles. The Hall–Kier alpha value is -3.46. The molecule has 1 amide bonds. The summed E-state index contributed by atoms with van der Waals surface area (Å²) in [5.74, 6) is 0.607. The quantitative estimate of drug-likeness (QED) is 0.575. The summed E-state index contributed by atoms with van der Waals surface area (Å²) in [5.41, 5.74) is 1.57. The predicted octanol–water partition coefficient (Wildman–Crippen LogP) is 3.32. The van der Waals surface area contributed by atoms with Crippen LogP contribution in [-0.2, 0) is 9.53 Å². The van der Waals surface area contributed by atoms with E-state index in [2.05, 4.69) is 20.4 Å². The molecule has 4 rings (SSSR count). The number of piperidine rings is 1. The zero-order chi connectivity index (χ0) is 21.6. The molecule has 9 nitrogen and oxygen atoms in total. The molecule has 3 aromatic rings. The van der Waals surface area contributed by atoms with Gasteiger partial charge >= 0.3 is 5.97 Å². The van der Waals surface area contributed by atoms with Crippen molar-refractivity contribution >= 4 is 17.6 Å². The van der Waals surface area contributed by atoms with Gasteiger partial charge in [0.15, 0.2) is 0 Å². The topological polar surface area (TPSA) is 111 Å². The SMILES string of the molecule is CCOC(=O)c1ccccc1NC(=O)CN1CCC(c2nnc(-c3ccoc3)o2)CC1. The Bertz CT molecular complexity index is 1020. The third-order valence-corrected chi connectivity index (χ3v) is 5.21. The Morgan fingerprint density at radius 1 is 1.19 bits per heavy atom. The van der Waals surface area contributed by atoms with Crippen LogP contribution in [0.5, 0.6) is 0 Å². The van der Waals surface area contributed by atoms with Crippen LogP contribution in [0.25, 0.3) is 11.5 Å². The molecular weight excluding hydrogens is 400 g/mol. The second kappa shape index (κ2) is 9.57. The van der Waals surface area contributed by atoms with E-state index in [9.17, 15) is 9.59 Å². The van der Waals surface area contributed by atoms with Gasteiger partial charge in [-0.25, -0.2) is 4.79 Å². The highest BCUT2D eigenvalue weighted by molar-refractivity contribution is 6.01. The number of hydrogen-bond donors (Lipinski definition) is 1. The van der Waals surface area contributed by atoms with Gasteiger partial charge in [-0.05, 0) is 51.1 Å². The van der Waals surface area contributed by atoms with E-state index in [1.807, 2.05) is 0 Å². The van der Waals surface area contributed by atoms with Crippen molar-refractivity contribution in [3.05, 3.63) is 54.3 Å². The van der Waals surface area contributed by atoms with Gasteiger partial charge in [0.2, 0.25) is 11.8 Å². The summed E-state index contributed by atoms with van der Waals surface area (Å²) in [4.78, 5) is 26.7. The first-order chi connectivity index (χ1) is 15.1. The van der Waals surface area contributed by atoms with Crippen molar-refractivity contribution in [1.82, 2.24) is 15.1 Å². The van der Waals surface area contributed by atoms with Crippen molar-refractivity contribution in [3.63, 3.8) is 0 Å². The molecule has 0 atom stereocenters. The summed E-state index contributed by atoms with van der Waals surface area (Å²) in [6.45, 7) is 3.74. The van der Waals surface area contributed by atoms with Gasteiger partial charge in [-0.2, -0.15) is 0 Å². The van der Waals surface area contributed by atoms with Gasteiger partial charge in [0.1, 0.15) is 6.26 Å². The first-order valence-electron chi connectivity index (χ1n) is 10.3. The maximum Gasteiger partial charge on any atom is 0.340 e. The Morgan fingerprint density at radius 3 is 2.74 bits per heavy atom. The van der Waals surface area contributed by atoms with Gasteiger partial charge in [0, 0.05) is 5.92 Å². The largest absolute Gasteiger partial charge is 0.472 e. The number of hydrogen-bond acceptors (Lipinski definition) is 8. The molecule has 1 N–H and O–H groups in total. The molecule has 1 aliphatic rings. The summed E-state index contributed by atoms with van der Waals surface area (Å²) >= 11 is 0. The summed E-state index contributed by atoms with van der Waals surface area (Å²) < 4.78 is 15.9. The third-order valence-electron chi connectivity index (χ3n) is 5.21. The molecule has 0 radical (unpaired) electrons. The number of carbonyl (C=O) groups is 2. The predicted molar refractivity (Wildman–Crippen MR) is 111 cm³/mol. The number of benzene rings is 1. The monoisotopic (exact) mass is 424 g/mol. The van der Waals surface area contributed by atoms with Crippen molar-refractivity contribution in [2.24, 2.45) is 0 Å². The number of ether oxygens (including phenoxy) is 1. The molecule has 1 saturated heterocycles. The fourth-order valence-corrected chi connectivity index (χ4v) is 3.61. The lowest BCUT2D eigenvalue weighted by atomic mass is 9.97. The van der Waals surface area contributed by atoms with Gasteiger partial charge < -0.3 is 18.9 Å². The normalized spacial score (nSPS) is 15.0. The van der Waals surface area contributed by atoms with E-state index in [0.29, 0.717) is 23.0 Å². The molecular formula is C22H24N4O5. The second-order valence-electron chi connectivity index (χ2n) is 7.32. The highest BCUT2D eigenvalue weighted by Gasteiger charge is 2.26. The molecule has 31 heavy (non-hydrogen) atoms. The molecule has 0 spiro atoms. The van der Waals surface area contributed by atoms with E-state index >= 15 is 0 Å². The molecule has 1 fully saturated rings. The standard InChI is InChI=1S/C22H24N4O5/c1-2-30-22(28)17-5-3-4-6-18(17)23-19(27)13-26-10-7-15(8-11-26)20-24-25-21(31-20)16-9-12-29-14-16/h3-6,9,12,14-15H,2,7-8,10-11,13H2,1H3,(H,23,27). The average molecular weight is 424 g/mol. The number of esters is 1. The lowest BCUT2D eigenvalue weighted by molar-refractivity contribution is -0.117. The molecule has 9 heteroatoms. The molecule has 0 saturated carbocycles. The number of para-hydroxylation sites is 1. The van der Waals surface area contributed by atoms with Crippen LogP contribution in [0.15, 0.2) is 51.7 Å². The van der Waals surface area contributed by atoms with Gasteiger partial charge in [-0.15, -0.1) is 10.2 Å². The first kappa shape index (κ1) is 20.8. The molecule has 0 unspecified atom stereocenters. The van der Waals surface area contributed by atoms with Crippen molar-refractivity contribution in [2.75, 3.05) is 31.6 Å². The number of furan rings is 1. The minimum atomic E-state index is -0.450. The number of nitrogens with one attached hydrogen (secondary N) is 1. The van der Waals surface area contributed by atoms with E-state index < -0.39 is 5.97 Å². The van der Waals surface area contributed by atoms with Gasteiger partial charge in [-0.3, -0.25) is 9.69 Å². The first-order valence-corrected chi connectivity index (χ1v) is 10.3. The van der Waals surface area contributed by atoms with Crippen molar-refractivity contribution in [1.29, 1.82) is 0 Å². The van der Waals surface area contributed by atoms with E-state index in [1.165, 1.54) is 0 Å². The summed E-state index contributed by atoms with van der Waals surface area (Å²) in [6.07, 6.45) is 4.77. The van der Waals surface area contributed by atoms with E-state index in [0.717, 1.165) is 31.5 Å². The Balaban J connectivity index is 1.29. The van der Waals surface area contributed by atoms with E-state index in [1.54, 1.807) is 49.8 Å². The van der Waals surface area contributed by atoms with Crippen LogP contribution in [0.2, 0.25) is 0 Å². The fraction of sp³-hybridized carbons (Fsp3) is 0.364. The zero-order valence-corrected chi connectivity index (χ0v) is 17.2. The summed E-state index contributed by atoms with van der Waals surface area (Å²) in [5, 5.41) is 11.1. The minimum Gasteiger partial charge on any atom is -0.472 e. The van der Waals surface area contributed by atoms with Crippen LogP contribution in [0, 0.1) is 0 Å². The molecule has 0 aliphatic carbocycles. The van der Waals surface area contributed by atoms with Gasteiger partial charge in [-0.1, -0.05) is 12.1 Å². The maximum absolute atomic E-state index is 12.5. The van der Waals surface area contributed by atoms with E-state index in [-0.39, 0.29) is 25.0 Å². The highest BCUT2D eigenvalue weighted by Crippen LogP contribution is 2.29. The Labute approximate surface area is 179 Å². The lowest BCUT2D eigenvalue weighted by Gasteiger charge is -2.29. The second-order valence-corrected chi connectivity index (χ2v) is 7.32. The van der Waals surface area contributed by atoms with Crippen LogP contribution < -0.4 is 5.32 Å². The Morgan fingerprint density at radius 2 is 2.00 bits per heavy atom. The molecule has 3 heterocycles. The van der Waals surface area contributed by atoms with Crippen molar-refractivity contribution in [2.45, 2.75) is 25.7 Å². The number of anilines is 1. The molecule has 162 valence electrons. The van der Waals surface area contributed by atoms with Crippen LogP contribution >= 0.6 is 0 Å². The summed E-state index contributed by atoms with van der Waals surface area (Å²) in [7, 11) is 0. The van der Waals surface area contributed by atoms with Crippen LogP contribution in [-0.4, -0.2) is 53.2 Å². The zero-order valence-electron chi connectivity index (χ0n) is 17.2. The number of rotatable bonds is 7. The van der Waals surface area contributed by atoms with Crippen molar-refractivity contribution < 1.29 is 23.2 Å². The highest BCUT2D eigenvalue weighted by atomic mass is 16.5. The number of aromatic nitrogens is 2. The fourth-order valence-electron chi connectivity index (χ4n) is 3.61. The van der Waals surface area contributed by atoms with Crippen LogP contribution in [0.1, 0.15) is 41.9 Å². The smallest absolute Gasteiger partial charge is 0.340 e. The van der Waals surface area contributed by atoms with Crippen molar-refractivity contribution in [3.8, 4) is 11.5 Å². The molecule has 2 aromatic heterocycles. The van der Waals surface area contributed by atoms with E-state index in [4.69, 9.17) is 13.6 Å². The number of amides is 1. The Kier molecular flexibility index (Phi) is 6.42. The molecule has 0 bridgehead atoms. The number of likely N-dealkylation sites (tertiary alicyclic amines) is 1. The molecule has 1 aromatic carbocycles. The number of carbonyl (C=O) groups excluding carboxylic acids is 2. The van der Waals surface area contributed by atoms with Crippen LogP contribution in [0.4, 0.5) is 5.69 Å². The minimum absolute atomic E-state index is 0.164. The summed E-state index contributed by atoms with van der Waals surface area (Å²) in [6, 6.07) is 8.62. The third kappa shape index (κ3) is 5.00.